The molecule has 4 nitrogen and oxygen atoms in total. The quantitative estimate of drug-likeness (QED) is 0.0987. The van der Waals surface area contributed by atoms with Crippen LogP contribution in [0.1, 0.15) is 55.4 Å². The van der Waals surface area contributed by atoms with E-state index in [1.807, 2.05) is 12.1 Å². The molecule has 10 rings (SSSR count). The number of benzene rings is 4. The third-order valence-electron chi connectivity index (χ3n) is 14.5. The largest absolute Gasteiger partial charge is 0.262 e. The van der Waals surface area contributed by atoms with Crippen LogP contribution in [0, 0.1) is 21.7 Å². The van der Waals surface area contributed by atoms with Crippen LogP contribution in [0.3, 0.4) is 0 Å². The van der Waals surface area contributed by atoms with Crippen molar-refractivity contribution in [2.75, 3.05) is 0 Å². The molecule has 2 fully saturated rings. The molecule has 0 saturated carbocycles. The first-order chi connectivity index (χ1) is 26.5. The zero-order valence-corrected chi connectivity index (χ0v) is 36.9. The summed E-state index contributed by atoms with van der Waals surface area (Å²) in [6.45, 7) is 20.4. The number of fused-ring (bicyclic) bond motifs is 10. The molecule has 8 heteroatoms. The number of pyridine rings is 4. The van der Waals surface area contributed by atoms with Gasteiger partial charge in [0.05, 0.1) is 22.1 Å². The molecule has 0 amide bonds. The van der Waals surface area contributed by atoms with Crippen molar-refractivity contribution in [3.05, 3.63) is 106 Å². The van der Waals surface area contributed by atoms with Crippen LogP contribution in [0.5, 0.6) is 0 Å². The second kappa shape index (κ2) is 13.3. The monoisotopic (exact) mass is 860 g/mol. The fourth-order valence-electron chi connectivity index (χ4n) is 9.73. The summed E-state index contributed by atoms with van der Waals surface area (Å²) in [5.74, 6) is 0. The Bertz CT molecular complexity index is 2660. The molecule has 0 spiro atoms. The summed E-state index contributed by atoms with van der Waals surface area (Å²) in [6.07, 6.45) is 4.80. The van der Waals surface area contributed by atoms with Crippen molar-refractivity contribution >= 4 is 122 Å². The minimum absolute atomic E-state index is 0.326. The van der Waals surface area contributed by atoms with Gasteiger partial charge in [0.15, 0.2) is 0 Å². The lowest BCUT2D eigenvalue weighted by atomic mass is 9.44. The maximum atomic E-state index is 5.33. The number of halogens is 2. The Balaban J connectivity index is 0.000000172. The molecule has 280 valence electrons. The van der Waals surface area contributed by atoms with Gasteiger partial charge in [-0.15, -0.1) is 0 Å². The van der Waals surface area contributed by atoms with Crippen molar-refractivity contribution < 1.29 is 0 Å². The van der Waals surface area contributed by atoms with E-state index in [2.05, 4.69) is 182 Å². The average molecular weight is 862 g/mol. The predicted molar refractivity (Wildman–Crippen MR) is 250 cm³/mol. The van der Waals surface area contributed by atoms with Gasteiger partial charge < -0.3 is 0 Å². The van der Waals surface area contributed by atoms with Crippen LogP contribution >= 0.6 is 31.9 Å². The van der Waals surface area contributed by atoms with E-state index in [0.717, 1.165) is 52.8 Å². The summed E-state index contributed by atoms with van der Waals surface area (Å²) in [5.41, 5.74) is 8.08. The van der Waals surface area contributed by atoms with E-state index in [-0.39, 0.29) is 0 Å². The lowest BCUT2D eigenvalue weighted by Crippen LogP contribution is -2.31. The Morgan fingerprint density at radius 3 is 0.911 bits per heavy atom. The lowest BCUT2D eigenvalue weighted by molar-refractivity contribution is 0.177. The van der Waals surface area contributed by atoms with Crippen LogP contribution in [0.4, 0.5) is 0 Å². The van der Waals surface area contributed by atoms with Crippen molar-refractivity contribution in [1.82, 2.24) is 19.9 Å². The third-order valence-corrected chi connectivity index (χ3v) is 15.4. The molecule has 4 aromatic carbocycles. The van der Waals surface area contributed by atoms with Crippen molar-refractivity contribution in [3.8, 4) is 0 Å². The lowest BCUT2D eigenvalue weighted by Gasteiger charge is -2.35. The predicted octanol–water partition coefficient (Wildman–Crippen LogP) is 12.9. The van der Waals surface area contributed by atoms with Crippen LogP contribution in [-0.4, -0.2) is 33.4 Å². The van der Waals surface area contributed by atoms with Crippen LogP contribution in [0.15, 0.2) is 106 Å². The zero-order valence-electron chi connectivity index (χ0n) is 33.8. The topological polar surface area (TPSA) is 51.6 Å². The van der Waals surface area contributed by atoms with Gasteiger partial charge in [0.2, 0.25) is 13.4 Å². The van der Waals surface area contributed by atoms with Crippen molar-refractivity contribution in [1.29, 1.82) is 0 Å². The van der Waals surface area contributed by atoms with E-state index in [4.69, 9.17) is 9.97 Å². The van der Waals surface area contributed by atoms with Crippen molar-refractivity contribution in [2.45, 2.75) is 80.7 Å². The average Bonchev–Trinajstić information content (AvgIpc) is 3.53. The molecule has 0 aliphatic carbocycles. The number of hydrogen-bond donors (Lipinski definition) is 0. The maximum Gasteiger partial charge on any atom is 0.201 e. The Kier molecular flexibility index (Phi) is 8.98. The van der Waals surface area contributed by atoms with Crippen LogP contribution in [0.2, 0.25) is 25.3 Å². The van der Waals surface area contributed by atoms with Crippen molar-refractivity contribution in [3.63, 3.8) is 0 Å². The number of aromatic nitrogens is 4. The van der Waals surface area contributed by atoms with Gasteiger partial charge in [-0.2, -0.15) is 0 Å². The molecule has 0 radical (unpaired) electrons. The highest BCUT2D eigenvalue weighted by atomic mass is 79.9. The molecule has 6 heterocycles. The van der Waals surface area contributed by atoms with Gasteiger partial charge in [0.1, 0.15) is 9.21 Å². The molecule has 8 aromatic rings. The number of nitrogens with zero attached hydrogens (tertiary/aromatic N) is 4. The Morgan fingerprint density at radius 2 is 0.607 bits per heavy atom. The van der Waals surface area contributed by atoms with Gasteiger partial charge in [-0.1, -0.05) is 153 Å². The Morgan fingerprint density at radius 1 is 0.357 bits per heavy atom. The van der Waals surface area contributed by atoms with Crippen LogP contribution < -0.4 is 11.2 Å². The molecule has 0 N–H and O–H groups in total. The summed E-state index contributed by atoms with van der Waals surface area (Å²) in [5, 5.41) is 9.43. The zero-order chi connectivity index (χ0) is 39.4. The SMILES string of the molecule is Brc1ccc2ccc3c(ccc4ccc(Br)nc43)c2n1.CC1(C)CB(c2ccc3ccc4c(ccc5ccc(B6CC(C)(C)C(C)(C)C6)nc54)c3n2)CC1(C)C. The van der Waals surface area contributed by atoms with Gasteiger partial charge in [-0.05, 0) is 77.8 Å². The first kappa shape index (κ1) is 37.7. The van der Waals surface area contributed by atoms with Gasteiger partial charge in [0, 0.05) is 54.3 Å². The smallest absolute Gasteiger partial charge is 0.201 e. The molecule has 2 aliphatic rings. The Labute approximate surface area is 348 Å². The number of hydrogen-bond acceptors (Lipinski definition) is 4. The molecule has 4 aromatic heterocycles. The molecular weight excluding hydrogens is 814 g/mol. The van der Waals surface area contributed by atoms with E-state index in [0.29, 0.717) is 35.1 Å². The fourth-order valence-corrected chi connectivity index (χ4v) is 10.3. The van der Waals surface area contributed by atoms with E-state index in [1.54, 1.807) is 0 Å². The van der Waals surface area contributed by atoms with Gasteiger partial charge >= 0.3 is 0 Å². The van der Waals surface area contributed by atoms with Crippen LogP contribution in [0.25, 0.3) is 65.2 Å². The van der Waals surface area contributed by atoms with Crippen molar-refractivity contribution in [2.24, 2.45) is 21.7 Å². The molecule has 2 saturated heterocycles. The highest BCUT2D eigenvalue weighted by Crippen LogP contribution is 2.53. The maximum absolute atomic E-state index is 5.33. The fraction of sp³-hybridized carbons (Fsp3) is 0.333. The summed E-state index contributed by atoms with van der Waals surface area (Å²) < 4.78 is 1.69. The standard InChI is InChI=1S/C32H40B2N2.C16H8Br2N2/c1-29(2)17-33(18-30(29,3)4)25-15-11-21-9-14-24-23(27(21)35-25)13-10-22-12-16-26(36-28(22)24)34-19-31(5,6)32(7,8)20-34;17-13-7-3-9-1-5-11-12(15(9)19-13)6-2-10-4-8-14(18)20-16(10)11/h9-16H,17-20H2,1-8H3;1-8H. The summed E-state index contributed by atoms with van der Waals surface area (Å²) >= 11 is 6.89. The van der Waals surface area contributed by atoms with Gasteiger partial charge in [-0.3, -0.25) is 9.97 Å². The molecule has 2 aliphatic heterocycles. The molecule has 0 atom stereocenters. The second-order valence-electron chi connectivity index (χ2n) is 19.2. The van der Waals surface area contributed by atoms with E-state index in [1.165, 1.54) is 58.0 Å². The van der Waals surface area contributed by atoms with Gasteiger partial charge in [0.25, 0.3) is 0 Å². The first-order valence-corrected chi connectivity index (χ1v) is 21.7. The highest BCUT2D eigenvalue weighted by molar-refractivity contribution is 9.10. The Hall–Kier alpha value is -3.87. The molecule has 56 heavy (non-hydrogen) atoms. The normalized spacial score (nSPS) is 18.4. The molecular formula is C48H48B2Br2N4. The molecule has 0 unspecified atom stereocenters. The van der Waals surface area contributed by atoms with Crippen LogP contribution in [-0.2, 0) is 0 Å². The molecule has 0 bridgehead atoms. The highest BCUT2D eigenvalue weighted by Gasteiger charge is 2.49. The summed E-state index contributed by atoms with van der Waals surface area (Å²) in [4.78, 5) is 19.9. The van der Waals surface area contributed by atoms with Gasteiger partial charge in [-0.25, -0.2) is 9.97 Å². The minimum Gasteiger partial charge on any atom is -0.262 e. The summed E-state index contributed by atoms with van der Waals surface area (Å²) in [6, 6.07) is 34.6. The van der Waals surface area contributed by atoms with E-state index >= 15 is 0 Å². The third kappa shape index (κ3) is 6.34. The van der Waals surface area contributed by atoms with E-state index in [9.17, 15) is 0 Å². The van der Waals surface area contributed by atoms with E-state index < -0.39 is 0 Å². The second-order valence-corrected chi connectivity index (χ2v) is 20.9. The number of rotatable bonds is 2. The first-order valence-electron chi connectivity index (χ1n) is 20.1. The minimum atomic E-state index is 0.326. The summed E-state index contributed by atoms with van der Waals surface area (Å²) in [7, 11) is 0.